The Morgan fingerprint density at radius 1 is 0.923 bits per heavy atom. The molecule has 220 valence electrons. The lowest BCUT2D eigenvalue weighted by atomic mass is 10.0. The number of imidazole rings is 1. The Labute approximate surface area is 248 Å². The minimum atomic E-state index is 0. The van der Waals surface area contributed by atoms with E-state index in [0.717, 1.165) is 55.2 Å². The van der Waals surface area contributed by atoms with Crippen LogP contribution >= 0.6 is 37.2 Å². The van der Waals surface area contributed by atoms with E-state index in [9.17, 15) is 0 Å². The number of piperidine rings is 1. The molecule has 1 fully saturated rings. The predicted molar refractivity (Wildman–Crippen MR) is 169 cm³/mol. The Kier molecular flexibility index (Phi) is 17.4. The molecule has 0 radical (unpaired) electrons. The van der Waals surface area contributed by atoms with Gasteiger partial charge in [-0.1, -0.05) is 50.2 Å². The molecule has 39 heavy (non-hydrogen) atoms. The third-order valence-corrected chi connectivity index (χ3v) is 6.96. The van der Waals surface area contributed by atoms with Crippen molar-refractivity contribution >= 4 is 65.0 Å². The first-order chi connectivity index (χ1) is 16.1. The molecule has 0 spiro atoms. The molecule has 4 aromatic rings. The van der Waals surface area contributed by atoms with Crippen molar-refractivity contribution in [2.45, 2.75) is 45.3 Å². The molecule has 1 aliphatic rings. The number of nitrogens with one attached hydrogen (secondary N) is 1. The highest BCUT2D eigenvalue weighted by Gasteiger charge is 2.23. The van der Waals surface area contributed by atoms with Gasteiger partial charge in [0.15, 0.2) is 0 Å². The van der Waals surface area contributed by atoms with Crippen molar-refractivity contribution in [2.24, 2.45) is 11.7 Å². The molecular formula is C27H43Cl3N6O3. The number of para-hydroxylation sites is 2. The summed E-state index contributed by atoms with van der Waals surface area (Å²) in [4.78, 5) is 12.2. The predicted octanol–water partition coefficient (Wildman–Crippen LogP) is 3.28. The van der Waals surface area contributed by atoms with Gasteiger partial charge in [-0.2, -0.15) is 0 Å². The van der Waals surface area contributed by atoms with Gasteiger partial charge in [0.2, 0.25) is 5.95 Å². The maximum absolute atomic E-state index is 6.30. The van der Waals surface area contributed by atoms with E-state index < -0.39 is 0 Å². The molecule has 5 rings (SSSR count). The van der Waals surface area contributed by atoms with Crippen molar-refractivity contribution in [3.63, 3.8) is 0 Å². The van der Waals surface area contributed by atoms with Crippen LogP contribution in [0.1, 0.15) is 32.4 Å². The number of benzene rings is 2. The third kappa shape index (κ3) is 8.89. The molecule has 9 N–H and O–H groups in total. The Morgan fingerprint density at radius 3 is 2.26 bits per heavy atom. The lowest BCUT2D eigenvalue weighted by molar-refractivity contribution is 0.194. The minimum Gasteiger partial charge on any atom is -0.412 e. The first-order valence-electron chi connectivity index (χ1n) is 12.1. The number of fused-ring (bicyclic) bond motifs is 2. The third-order valence-electron chi connectivity index (χ3n) is 6.96. The summed E-state index contributed by atoms with van der Waals surface area (Å²) < 4.78 is 2.28. The van der Waals surface area contributed by atoms with Gasteiger partial charge in [0, 0.05) is 43.3 Å². The van der Waals surface area contributed by atoms with Gasteiger partial charge in [0.1, 0.15) is 0 Å². The average molecular weight is 606 g/mol. The van der Waals surface area contributed by atoms with Crippen LogP contribution in [0.3, 0.4) is 0 Å². The Morgan fingerprint density at radius 2 is 1.56 bits per heavy atom. The van der Waals surface area contributed by atoms with Crippen LogP contribution in [0, 0.1) is 5.92 Å². The van der Waals surface area contributed by atoms with Crippen LogP contribution in [0.4, 0.5) is 5.95 Å². The van der Waals surface area contributed by atoms with Crippen LogP contribution in [0.2, 0.25) is 0 Å². The molecule has 1 atom stereocenters. The largest absolute Gasteiger partial charge is 0.412 e. The number of nitrogens with zero attached hydrogens (tertiary/aromatic N) is 4. The number of hydrogen-bond donors (Lipinski definition) is 2. The van der Waals surface area contributed by atoms with E-state index in [1.807, 2.05) is 6.20 Å². The monoisotopic (exact) mass is 604 g/mol. The lowest BCUT2D eigenvalue weighted by Gasteiger charge is -2.34. The van der Waals surface area contributed by atoms with E-state index >= 15 is 0 Å². The second kappa shape index (κ2) is 17.5. The Hall–Kier alpha value is -2.21. The summed E-state index contributed by atoms with van der Waals surface area (Å²) in [5.74, 6) is 1.45. The zero-order valence-corrected chi connectivity index (χ0v) is 24.8. The summed E-state index contributed by atoms with van der Waals surface area (Å²) in [6.45, 7) is 8.22. The van der Waals surface area contributed by atoms with Gasteiger partial charge in [0.25, 0.3) is 0 Å². The normalized spacial score (nSPS) is 14.1. The molecular weight excluding hydrogens is 563 g/mol. The SMILES string of the molecule is CC(C)C(N)CN1CCC(Nc2nc3ccccc3n2Cc2nccc3ccccc23)CC1.Cl.Cl.Cl.O.O.O. The fourth-order valence-corrected chi connectivity index (χ4v) is 4.76. The number of aromatic nitrogens is 3. The van der Waals surface area contributed by atoms with Crippen molar-refractivity contribution < 1.29 is 16.4 Å². The van der Waals surface area contributed by atoms with Crippen LogP contribution in [0.25, 0.3) is 21.8 Å². The molecule has 12 heteroatoms. The van der Waals surface area contributed by atoms with Crippen molar-refractivity contribution in [3.8, 4) is 0 Å². The Balaban J connectivity index is 0. The number of likely N-dealkylation sites (tertiary alicyclic amines) is 1. The van der Waals surface area contributed by atoms with E-state index in [1.54, 1.807) is 0 Å². The van der Waals surface area contributed by atoms with E-state index in [-0.39, 0.29) is 59.7 Å². The molecule has 0 bridgehead atoms. The first kappa shape index (κ1) is 38.9. The number of anilines is 1. The van der Waals surface area contributed by atoms with Gasteiger partial charge in [-0.05, 0) is 42.3 Å². The molecule has 2 aromatic carbocycles. The topological polar surface area (TPSA) is 166 Å². The van der Waals surface area contributed by atoms with Crippen LogP contribution in [-0.2, 0) is 6.54 Å². The van der Waals surface area contributed by atoms with Gasteiger partial charge in [-0.25, -0.2) is 4.98 Å². The summed E-state index contributed by atoms with van der Waals surface area (Å²) >= 11 is 0. The zero-order valence-electron chi connectivity index (χ0n) is 22.3. The number of rotatable bonds is 7. The maximum Gasteiger partial charge on any atom is 0.204 e. The molecule has 1 aliphatic heterocycles. The highest BCUT2D eigenvalue weighted by atomic mass is 35.5. The van der Waals surface area contributed by atoms with Gasteiger partial charge in [-0.3, -0.25) is 4.98 Å². The summed E-state index contributed by atoms with van der Waals surface area (Å²) in [5, 5.41) is 6.18. The highest BCUT2D eigenvalue weighted by Crippen LogP contribution is 2.25. The average Bonchev–Trinajstić information content (AvgIpc) is 3.17. The van der Waals surface area contributed by atoms with Gasteiger partial charge >= 0.3 is 0 Å². The Bertz CT molecular complexity index is 1250. The molecule has 1 saturated heterocycles. The maximum atomic E-state index is 6.30. The molecule has 1 unspecified atom stereocenters. The molecule has 0 amide bonds. The summed E-state index contributed by atoms with van der Waals surface area (Å²) in [5.41, 5.74) is 9.52. The smallest absolute Gasteiger partial charge is 0.204 e. The number of nitrogens with two attached hydrogens (primary N) is 1. The summed E-state index contributed by atoms with van der Waals surface area (Å²) in [7, 11) is 0. The van der Waals surface area contributed by atoms with Crippen molar-refractivity contribution in [3.05, 3.63) is 66.5 Å². The van der Waals surface area contributed by atoms with Crippen molar-refractivity contribution in [2.75, 3.05) is 25.0 Å². The number of hydrogen-bond acceptors (Lipinski definition) is 5. The highest BCUT2D eigenvalue weighted by molar-refractivity contribution is 5.86. The van der Waals surface area contributed by atoms with E-state index in [1.165, 1.54) is 10.8 Å². The quantitative estimate of drug-likeness (QED) is 0.329. The molecule has 3 heterocycles. The fourth-order valence-electron chi connectivity index (χ4n) is 4.76. The minimum absolute atomic E-state index is 0. The first-order valence-corrected chi connectivity index (χ1v) is 12.1. The zero-order chi connectivity index (χ0) is 22.8. The van der Waals surface area contributed by atoms with Crippen LogP contribution in [-0.4, -0.2) is 67.6 Å². The van der Waals surface area contributed by atoms with E-state index in [2.05, 4.69) is 83.2 Å². The molecule has 0 aliphatic carbocycles. The van der Waals surface area contributed by atoms with Crippen molar-refractivity contribution in [1.29, 1.82) is 0 Å². The van der Waals surface area contributed by atoms with Crippen LogP contribution in [0.5, 0.6) is 0 Å². The number of halogens is 3. The second-order valence-electron chi connectivity index (χ2n) is 9.62. The van der Waals surface area contributed by atoms with Crippen molar-refractivity contribution in [1.82, 2.24) is 19.4 Å². The van der Waals surface area contributed by atoms with E-state index in [0.29, 0.717) is 18.5 Å². The fraction of sp³-hybridized carbons (Fsp3) is 0.407. The van der Waals surface area contributed by atoms with Crippen LogP contribution in [0.15, 0.2) is 60.8 Å². The molecule has 9 nitrogen and oxygen atoms in total. The van der Waals surface area contributed by atoms with Gasteiger partial charge in [-0.15, -0.1) is 37.2 Å². The lowest BCUT2D eigenvalue weighted by Crippen LogP contribution is -2.46. The summed E-state index contributed by atoms with van der Waals surface area (Å²) in [6.07, 6.45) is 4.10. The van der Waals surface area contributed by atoms with E-state index in [4.69, 9.17) is 15.7 Å². The standard InChI is InChI=1S/C27H34N6.3ClH.3H2O/c1-19(2)23(28)17-32-15-12-21(13-16-32)30-27-31-24-9-5-6-10-26(24)33(27)18-25-22-8-4-3-7-20(22)11-14-29-25;;;;;;/h3-11,14,19,21,23H,12-13,15-18,28H2,1-2H3,(H,30,31);3*1H;3*1H2. The molecule has 0 saturated carbocycles. The molecule has 2 aromatic heterocycles. The van der Waals surface area contributed by atoms with Crippen LogP contribution < -0.4 is 11.1 Å². The van der Waals surface area contributed by atoms with Gasteiger partial charge in [0.05, 0.1) is 23.3 Å². The number of pyridine rings is 1. The van der Waals surface area contributed by atoms with Gasteiger partial charge < -0.3 is 36.9 Å². The summed E-state index contributed by atoms with van der Waals surface area (Å²) in [6, 6.07) is 19.5. The second-order valence-corrected chi connectivity index (χ2v) is 9.62.